The van der Waals surface area contributed by atoms with Gasteiger partial charge >= 0.3 is 5.97 Å². The molecule has 1 aromatic heterocycles. The Labute approximate surface area is 116 Å². The van der Waals surface area contributed by atoms with Crippen molar-refractivity contribution in [3.8, 4) is 0 Å². The maximum absolute atomic E-state index is 10.5. The van der Waals surface area contributed by atoms with Gasteiger partial charge in [0.15, 0.2) is 0 Å². The Morgan fingerprint density at radius 1 is 1.50 bits per heavy atom. The van der Waals surface area contributed by atoms with Crippen molar-refractivity contribution >= 4 is 28.9 Å². The first-order chi connectivity index (χ1) is 8.63. The molecule has 1 fully saturated rings. The van der Waals surface area contributed by atoms with Crippen LogP contribution in [0.15, 0.2) is 11.4 Å². The van der Waals surface area contributed by atoms with E-state index in [1.807, 2.05) is 11.4 Å². The minimum atomic E-state index is -0.675. The molecule has 0 saturated carbocycles. The van der Waals surface area contributed by atoms with Crippen LogP contribution in [0.1, 0.15) is 30.6 Å². The molecule has 0 bridgehead atoms. The van der Waals surface area contributed by atoms with Gasteiger partial charge in [0, 0.05) is 23.2 Å². The molecule has 100 valence electrons. The lowest BCUT2D eigenvalue weighted by molar-refractivity contribution is -0.137. The van der Waals surface area contributed by atoms with Crippen molar-refractivity contribution < 1.29 is 9.90 Å². The normalized spacial score (nSPS) is 18.1. The van der Waals surface area contributed by atoms with Gasteiger partial charge in [0.25, 0.3) is 0 Å². The Kier molecular flexibility index (Phi) is 5.03. The molecule has 0 unspecified atom stereocenters. The molecule has 5 heteroatoms. The van der Waals surface area contributed by atoms with Gasteiger partial charge in [0.2, 0.25) is 0 Å². The van der Waals surface area contributed by atoms with Crippen LogP contribution in [0.5, 0.6) is 0 Å². The first kappa shape index (κ1) is 13.8. The number of thiophene rings is 1. The number of nitrogens with zero attached hydrogens (tertiary/aromatic N) is 1. The molecular weight excluding hydrogens is 270 g/mol. The smallest absolute Gasteiger partial charge is 0.303 e. The van der Waals surface area contributed by atoms with E-state index in [0.717, 1.165) is 43.9 Å². The Morgan fingerprint density at radius 3 is 2.78 bits per heavy atom. The van der Waals surface area contributed by atoms with E-state index in [-0.39, 0.29) is 0 Å². The molecule has 1 aliphatic heterocycles. The van der Waals surface area contributed by atoms with Crippen molar-refractivity contribution in [3.05, 3.63) is 21.3 Å². The topological polar surface area (TPSA) is 40.5 Å². The van der Waals surface area contributed by atoms with E-state index in [4.69, 9.17) is 16.7 Å². The Morgan fingerprint density at radius 2 is 2.22 bits per heavy atom. The maximum Gasteiger partial charge on any atom is 0.303 e. The van der Waals surface area contributed by atoms with E-state index < -0.39 is 5.97 Å². The zero-order valence-corrected chi connectivity index (χ0v) is 11.8. The molecule has 0 aliphatic carbocycles. The average molecular weight is 288 g/mol. The molecule has 0 amide bonds. The Hall–Kier alpha value is -0.580. The molecule has 0 aromatic carbocycles. The van der Waals surface area contributed by atoms with Gasteiger partial charge in [-0.1, -0.05) is 11.6 Å². The second-order valence-corrected chi connectivity index (χ2v) is 6.32. The molecule has 0 radical (unpaired) electrons. The number of carboxylic acids is 1. The lowest BCUT2D eigenvalue weighted by Crippen LogP contribution is -2.33. The van der Waals surface area contributed by atoms with E-state index in [2.05, 4.69) is 4.90 Å². The quantitative estimate of drug-likeness (QED) is 0.901. The summed E-state index contributed by atoms with van der Waals surface area (Å²) in [6.07, 6.45) is 3.37. The summed E-state index contributed by atoms with van der Waals surface area (Å²) < 4.78 is 0. The molecule has 2 heterocycles. The van der Waals surface area contributed by atoms with Crippen molar-refractivity contribution in [3.63, 3.8) is 0 Å². The number of piperidine rings is 1. The standard InChI is InChI=1S/C13H18ClNO2S/c14-11-7-12(18-9-11)8-15-5-3-10(4-6-15)1-2-13(16)17/h7,9-10H,1-6,8H2,(H,16,17). The second kappa shape index (κ2) is 6.55. The molecule has 1 N–H and O–H groups in total. The summed E-state index contributed by atoms with van der Waals surface area (Å²) in [5.74, 6) is -0.0880. The monoisotopic (exact) mass is 287 g/mol. The predicted octanol–water partition coefficient (Wildman–Crippen LogP) is 3.48. The third kappa shape index (κ3) is 4.26. The van der Waals surface area contributed by atoms with Gasteiger partial charge < -0.3 is 5.11 Å². The zero-order chi connectivity index (χ0) is 13.0. The molecule has 0 spiro atoms. The summed E-state index contributed by atoms with van der Waals surface area (Å²) in [6, 6.07) is 2.03. The molecule has 1 aliphatic rings. The third-order valence-electron chi connectivity index (χ3n) is 3.47. The number of carbonyl (C=O) groups is 1. The number of carboxylic acid groups (broad SMARTS) is 1. The van der Waals surface area contributed by atoms with Gasteiger partial charge in [0.05, 0.1) is 5.02 Å². The summed E-state index contributed by atoms with van der Waals surface area (Å²) in [7, 11) is 0. The largest absolute Gasteiger partial charge is 0.481 e. The molecule has 1 aromatic rings. The van der Waals surface area contributed by atoms with Crippen molar-refractivity contribution in [1.29, 1.82) is 0 Å². The molecule has 3 nitrogen and oxygen atoms in total. The van der Waals surface area contributed by atoms with E-state index >= 15 is 0 Å². The molecule has 18 heavy (non-hydrogen) atoms. The van der Waals surface area contributed by atoms with Crippen molar-refractivity contribution in [2.45, 2.75) is 32.2 Å². The van der Waals surface area contributed by atoms with Crippen LogP contribution >= 0.6 is 22.9 Å². The van der Waals surface area contributed by atoms with Crippen molar-refractivity contribution in [1.82, 2.24) is 4.90 Å². The molecule has 2 rings (SSSR count). The van der Waals surface area contributed by atoms with Crippen LogP contribution in [0.4, 0.5) is 0 Å². The highest BCUT2D eigenvalue weighted by molar-refractivity contribution is 7.10. The Balaban J connectivity index is 1.71. The summed E-state index contributed by atoms with van der Waals surface area (Å²) in [5.41, 5.74) is 0. The van der Waals surface area contributed by atoms with Crippen LogP contribution in [0.3, 0.4) is 0 Å². The number of rotatable bonds is 5. The lowest BCUT2D eigenvalue weighted by atomic mass is 9.92. The van der Waals surface area contributed by atoms with Gasteiger partial charge in [-0.25, -0.2) is 0 Å². The van der Waals surface area contributed by atoms with Gasteiger partial charge in [0.1, 0.15) is 0 Å². The van der Waals surface area contributed by atoms with Crippen LogP contribution in [0, 0.1) is 5.92 Å². The molecule has 1 saturated heterocycles. The summed E-state index contributed by atoms with van der Waals surface area (Å²) in [6.45, 7) is 3.11. The van der Waals surface area contributed by atoms with Gasteiger partial charge in [-0.15, -0.1) is 11.3 Å². The van der Waals surface area contributed by atoms with Crippen LogP contribution in [0.25, 0.3) is 0 Å². The highest BCUT2D eigenvalue weighted by atomic mass is 35.5. The number of likely N-dealkylation sites (tertiary alicyclic amines) is 1. The van der Waals surface area contributed by atoms with Gasteiger partial charge in [-0.2, -0.15) is 0 Å². The van der Waals surface area contributed by atoms with Crippen molar-refractivity contribution in [2.75, 3.05) is 13.1 Å². The highest BCUT2D eigenvalue weighted by Crippen LogP contribution is 2.25. The second-order valence-electron chi connectivity index (χ2n) is 4.88. The van der Waals surface area contributed by atoms with Gasteiger partial charge in [-0.3, -0.25) is 9.69 Å². The Bertz CT molecular complexity index is 399. The maximum atomic E-state index is 10.5. The number of aliphatic carboxylic acids is 1. The van der Waals surface area contributed by atoms with Crippen LogP contribution in [0.2, 0.25) is 5.02 Å². The fourth-order valence-corrected chi connectivity index (χ4v) is 3.53. The van der Waals surface area contributed by atoms with E-state index in [0.29, 0.717) is 12.3 Å². The van der Waals surface area contributed by atoms with Gasteiger partial charge in [-0.05, 0) is 44.3 Å². The zero-order valence-electron chi connectivity index (χ0n) is 10.3. The van der Waals surface area contributed by atoms with E-state index in [1.165, 1.54) is 4.88 Å². The average Bonchev–Trinajstić information content (AvgIpc) is 2.74. The SMILES string of the molecule is O=C(O)CCC1CCN(Cc2cc(Cl)cs2)CC1. The number of halogens is 1. The highest BCUT2D eigenvalue weighted by Gasteiger charge is 2.20. The van der Waals surface area contributed by atoms with Crippen LogP contribution < -0.4 is 0 Å². The fraction of sp³-hybridized carbons (Fsp3) is 0.615. The summed E-state index contributed by atoms with van der Waals surface area (Å²) in [4.78, 5) is 14.3. The predicted molar refractivity (Wildman–Crippen MR) is 74.2 cm³/mol. The van der Waals surface area contributed by atoms with Crippen LogP contribution in [-0.2, 0) is 11.3 Å². The minimum absolute atomic E-state index is 0.311. The number of hydrogen-bond donors (Lipinski definition) is 1. The molecule has 0 atom stereocenters. The van der Waals surface area contributed by atoms with Crippen LogP contribution in [-0.4, -0.2) is 29.1 Å². The van der Waals surface area contributed by atoms with E-state index in [1.54, 1.807) is 11.3 Å². The minimum Gasteiger partial charge on any atom is -0.481 e. The third-order valence-corrected chi connectivity index (χ3v) is 4.74. The summed E-state index contributed by atoms with van der Waals surface area (Å²) in [5, 5.41) is 11.5. The first-order valence-corrected chi connectivity index (χ1v) is 7.56. The number of hydrogen-bond acceptors (Lipinski definition) is 3. The van der Waals surface area contributed by atoms with Crippen molar-refractivity contribution in [2.24, 2.45) is 5.92 Å². The first-order valence-electron chi connectivity index (χ1n) is 6.30. The summed E-state index contributed by atoms with van der Waals surface area (Å²) >= 11 is 7.62. The molecular formula is C13H18ClNO2S. The fourth-order valence-electron chi connectivity index (χ4n) is 2.42. The van der Waals surface area contributed by atoms with E-state index in [9.17, 15) is 4.79 Å². The lowest BCUT2D eigenvalue weighted by Gasteiger charge is -2.31.